The van der Waals surface area contributed by atoms with Crippen LogP contribution >= 0.6 is 11.8 Å². The molecule has 0 saturated carbocycles. The summed E-state index contributed by atoms with van der Waals surface area (Å²) in [6.07, 6.45) is 3.25. The highest BCUT2D eigenvalue weighted by atomic mass is 32.2. The third-order valence-corrected chi connectivity index (χ3v) is 6.41. The van der Waals surface area contributed by atoms with E-state index in [0.717, 1.165) is 37.6 Å². The number of rotatable bonds is 7. The van der Waals surface area contributed by atoms with Gasteiger partial charge in [-0.25, -0.2) is 0 Å². The van der Waals surface area contributed by atoms with Crippen molar-refractivity contribution in [3.63, 3.8) is 0 Å². The second kappa shape index (κ2) is 6.90. The Hall–Kier alpha value is -0.333. The molecule has 0 amide bonds. The van der Waals surface area contributed by atoms with Gasteiger partial charge in [0.1, 0.15) is 0 Å². The van der Waals surface area contributed by atoms with Gasteiger partial charge in [-0.15, -0.1) is 5.10 Å². The van der Waals surface area contributed by atoms with E-state index in [2.05, 4.69) is 36.1 Å². The maximum atomic E-state index is 5.39. The number of ether oxygens (including phenoxy) is 1. The Bertz CT molecular complexity index is 385. The van der Waals surface area contributed by atoms with Crippen LogP contribution in [-0.2, 0) is 17.0 Å². The molecule has 2 heterocycles. The average Bonchev–Trinajstić information content (AvgIpc) is 2.96. The number of thioether (sulfide) groups is 1. The number of hydrogen-bond donors (Lipinski definition) is 0. The zero-order valence-corrected chi connectivity index (χ0v) is 14.1. The fourth-order valence-electron chi connectivity index (χ4n) is 2.04. The zero-order valence-electron chi connectivity index (χ0n) is 12.3. The molecule has 2 rings (SSSR count). The lowest BCUT2D eigenvalue weighted by Gasteiger charge is -2.14. The van der Waals surface area contributed by atoms with Gasteiger partial charge in [0.15, 0.2) is 0 Å². The Morgan fingerprint density at radius 1 is 1.47 bits per heavy atom. The van der Waals surface area contributed by atoms with Crippen molar-refractivity contribution in [1.82, 2.24) is 15.0 Å². The monoisotopic (exact) mass is 299 g/mol. The Balaban J connectivity index is 1.68. The predicted octanol–water partition coefficient (Wildman–Crippen LogP) is 2.89. The molecular weight excluding hydrogens is 274 g/mol. The fraction of sp³-hybridized carbons (Fsp3) is 0.846. The topological polar surface area (TPSA) is 39.9 Å². The molecule has 1 unspecified atom stereocenters. The van der Waals surface area contributed by atoms with Gasteiger partial charge in [0.25, 0.3) is 0 Å². The number of aromatic nitrogens is 3. The van der Waals surface area contributed by atoms with Crippen molar-refractivity contribution >= 4 is 19.8 Å². The van der Waals surface area contributed by atoms with Crippen molar-refractivity contribution in [3.05, 3.63) is 11.9 Å². The molecule has 19 heavy (non-hydrogen) atoms. The lowest BCUT2D eigenvalue weighted by molar-refractivity contribution is 0.181. The molecule has 0 aromatic carbocycles. The molecule has 108 valence electrons. The van der Waals surface area contributed by atoms with E-state index in [4.69, 9.17) is 4.74 Å². The van der Waals surface area contributed by atoms with Gasteiger partial charge in [0.05, 0.1) is 12.3 Å². The van der Waals surface area contributed by atoms with E-state index in [1.165, 1.54) is 11.8 Å². The van der Waals surface area contributed by atoms with Crippen LogP contribution in [0.1, 0.15) is 12.1 Å². The first-order valence-corrected chi connectivity index (χ1v) is 11.9. The summed E-state index contributed by atoms with van der Waals surface area (Å²) in [4.78, 5) is 0. The van der Waals surface area contributed by atoms with E-state index >= 15 is 0 Å². The third-order valence-electron chi connectivity index (χ3n) is 3.30. The normalized spacial score (nSPS) is 20.1. The minimum Gasteiger partial charge on any atom is -0.381 e. The van der Waals surface area contributed by atoms with Crippen LogP contribution in [0.3, 0.4) is 0 Å². The number of nitrogens with zero attached hydrogens (tertiary/aromatic N) is 3. The van der Waals surface area contributed by atoms with Crippen LogP contribution in [0.15, 0.2) is 6.20 Å². The van der Waals surface area contributed by atoms with Gasteiger partial charge in [0, 0.05) is 39.1 Å². The summed E-state index contributed by atoms with van der Waals surface area (Å²) in [5.74, 6) is 2.86. The molecule has 0 bridgehead atoms. The maximum Gasteiger partial charge on any atom is 0.0925 e. The molecule has 1 aromatic rings. The summed E-state index contributed by atoms with van der Waals surface area (Å²) in [5.41, 5.74) is 1.11. The molecule has 1 atom stereocenters. The second-order valence-corrected chi connectivity index (χ2v) is 13.3. The summed E-state index contributed by atoms with van der Waals surface area (Å²) in [6.45, 7) is 10.0. The van der Waals surface area contributed by atoms with Crippen LogP contribution in [0.2, 0.25) is 25.7 Å². The summed E-state index contributed by atoms with van der Waals surface area (Å²) >= 11 is 1.98. The first-order valence-electron chi connectivity index (χ1n) is 7.07. The Kier molecular flexibility index (Phi) is 5.47. The second-order valence-electron chi connectivity index (χ2n) is 6.52. The fourth-order valence-corrected chi connectivity index (χ4v) is 5.55. The molecule has 0 radical (unpaired) electrons. The van der Waals surface area contributed by atoms with E-state index in [9.17, 15) is 0 Å². The van der Waals surface area contributed by atoms with Crippen LogP contribution < -0.4 is 0 Å². The molecule has 6 heteroatoms. The van der Waals surface area contributed by atoms with Gasteiger partial charge in [-0.1, -0.05) is 24.9 Å². The summed E-state index contributed by atoms with van der Waals surface area (Å²) < 4.78 is 7.37. The van der Waals surface area contributed by atoms with Gasteiger partial charge in [-0.3, -0.25) is 4.68 Å². The van der Waals surface area contributed by atoms with Crippen molar-refractivity contribution in [2.24, 2.45) is 5.92 Å². The summed E-state index contributed by atoms with van der Waals surface area (Å²) in [7, 11) is -0.891. The van der Waals surface area contributed by atoms with Gasteiger partial charge >= 0.3 is 0 Å². The minimum atomic E-state index is -0.891. The van der Waals surface area contributed by atoms with E-state index in [1.54, 1.807) is 0 Å². The van der Waals surface area contributed by atoms with Gasteiger partial charge in [-0.2, -0.15) is 11.8 Å². The van der Waals surface area contributed by atoms with Crippen molar-refractivity contribution in [3.8, 4) is 0 Å². The first kappa shape index (κ1) is 15.1. The highest BCUT2D eigenvalue weighted by Gasteiger charge is 2.17. The quantitative estimate of drug-likeness (QED) is 0.573. The van der Waals surface area contributed by atoms with Gasteiger partial charge in [-0.05, 0) is 18.2 Å². The van der Waals surface area contributed by atoms with Crippen molar-refractivity contribution < 1.29 is 4.74 Å². The highest BCUT2D eigenvalue weighted by Crippen LogP contribution is 2.18. The molecule has 1 saturated heterocycles. The minimum absolute atomic E-state index is 0.620. The third kappa shape index (κ3) is 5.67. The molecule has 4 nitrogen and oxygen atoms in total. The Labute approximate surface area is 121 Å². The zero-order chi connectivity index (χ0) is 13.7. The molecule has 1 aromatic heterocycles. The smallest absolute Gasteiger partial charge is 0.0925 e. The molecule has 1 aliphatic heterocycles. The highest BCUT2D eigenvalue weighted by molar-refractivity contribution is 7.98. The largest absolute Gasteiger partial charge is 0.381 e. The maximum absolute atomic E-state index is 5.39. The predicted molar refractivity (Wildman–Crippen MR) is 83.3 cm³/mol. The Morgan fingerprint density at radius 2 is 2.32 bits per heavy atom. The Morgan fingerprint density at radius 3 is 3.00 bits per heavy atom. The molecule has 0 spiro atoms. The van der Waals surface area contributed by atoms with Crippen LogP contribution in [0, 0.1) is 5.92 Å². The molecule has 1 aliphatic rings. The van der Waals surface area contributed by atoms with E-state index in [1.807, 2.05) is 16.4 Å². The lowest BCUT2D eigenvalue weighted by atomic mass is 10.1. The standard InChI is InChI=1S/C13H25N3OSSi/c1-19(2,3)7-6-18-11-13-9-16(15-14-13)8-12-4-5-17-10-12/h9,12H,4-8,10-11H2,1-3H3. The van der Waals surface area contributed by atoms with Crippen molar-refractivity contribution in [2.75, 3.05) is 19.0 Å². The summed E-state index contributed by atoms with van der Waals surface area (Å²) in [6, 6.07) is 1.38. The van der Waals surface area contributed by atoms with E-state index < -0.39 is 8.07 Å². The van der Waals surface area contributed by atoms with Crippen LogP contribution in [0.4, 0.5) is 0 Å². The van der Waals surface area contributed by atoms with Crippen molar-refractivity contribution in [1.29, 1.82) is 0 Å². The van der Waals surface area contributed by atoms with E-state index in [-0.39, 0.29) is 0 Å². The number of hydrogen-bond acceptors (Lipinski definition) is 4. The SMILES string of the molecule is C[Si](C)(C)CCSCc1cn(CC2CCOC2)nn1. The van der Waals surface area contributed by atoms with Crippen LogP contribution in [0.25, 0.3) is 0 Å². The summed E-state index contributed by atoms with van der Waals surface area (Å²) in [5, 5.41) is 8.47. The first-order chi connectivity index (χ1) is 9.03. The van der Waals surface area contributed by atoms with Gasteiger partial charge < -0.3 is 4.74 Å². The lowest BCUT2D eigenvalue weighted by Crippen LogP contribution is -2.19. The van der Waals surface area contributed by atoms with Crippen LogP contribution in [0.5, 0.6) is 0 Å². The molecule has 0 N–H and O–H groups in total. The van der Waals surface area contributed by atoms with Crippen molar-refractivity contribution in [2.45, 2.75) is 44.4 Å². The molecule has 0 aliphatic carbocycles. The van der Waals surface area contributed by atoms with E-state index in [0.29, 0.717) is 5.92 Å². The molecule has 1 fully saturated rings. The average molecular weight is 300 g/mol. The van der Waals surface area contributed by atoms with Crippen LogP contribution in [-0.4, -0.2) is 42.0 Å². The molecular formula is C13H25N3OSSi. The van der Waals surface area contributed by atoms with Gasteiger partial charge in [0.2, 0.25) is 0 Å².